The number of nitrogens with two attached hydrogens (primary N) is 2. The van der Waals surface area contributed by atoms with Gasteiger partial charge in [0, 0.05) is 16.9 Å². The number of oxime groups is 1. The molecule has 0 saturated carbocycles. The maximum atomic E-state index is 13.4. The van der Waals surface area contributed by atoms with E-state index >= 15 is 0 Å². The van der Waals surface area contributed by atoms with Gasteiger partial charge in [0.05, 0.1) is 12.3 Å². The zero-order valence-corrected chi connectivity index (χ0v) is 26.5. The summed E-state index contributed by atoms with van der Waals surface area (Å²) in [6.07, 6.45) is 0. The van der Waals surface area contributed by atoms with Crippen molar-refractivity contribution in [2.24, 2.45) is 11.0 Å². The summed E-state index contributed by atoms with van der Waals surface area (Å²) in [6, 6.07) is 0.456. The number of nitrogen functional groups attached to an aromatic ring is 1. The zero-order valence-electron chi connectivity index (χ0n) is 24.0. The number of nitrogens with one attached hydrogen (secondary N) is 2. The second-order valence-electron chi connectivity index (χ2n) is 10.1. The number of anilines is 1. The number of thioether (sulfide) groups is 2. The number of fused-ring (bicyclic) bond motifs is 2. The van der Waals surface area contributed by atoms with Crippen molar-refractivity contribution in [1.82, 2.24) is 40.2 Å². The Morgan fingerprint density at radius 2 is 2.00 bits per heavy atom. The van der Waals surface area contributed by atoms with Crippen LogP contribution in [0.4, 0.5) is 5.13 Å². The number of aliphatic carboxylic acids is 1. The van der Waals surface area contributed by atoms with Crippen LogP contribution >= 0.6 is 34.9 Å². The van der Waals surface area contributed by atoms with Gasteiger partial charge in [0.15, 0.2) is 16.7 Å². The van der Waals surface area contributed by atoms with Crippen LogP contribution in [0, 0.1) is 0 Å². The lowest BCUT2D eigenvalue weighted by Crippen LogP contribution is -2.71. The van der Waals surface area contributed by atoms with Crippen molar-refractivity contribution in [3.63, 3.8) is 0 Å². The number of carboxylic acids is 1. The third-order valence-corrected chi connectivity index (χ3v) is 9.73. The number of aromatic nitrogens is 5. The van der Waals surface area contributed by atoms with Crippen molar-refractivity contribution in [1.29, 1.82) is 0 Å². The van der Waals surface area contributed by atoms with E-state index in [0.29, 0.717) is 16.3 Å². The Morgan fingerprint density at radius 1 is 1.24 bits per heavy atom. The molecular weight excluding hydrogens is 667 g/mol. The van der Waals surface area contributed by atoms with E-state index in [9.17, 15) is 34.5 Å². The molecule has 0 bridgehead atoms. The summed E-state index contributed by atoms with van der Waals surface area (Å²) in [7, 11) is 0. The minimum Gasteiger partial charge on any atom is -0.477 e. The first-order valence-corrected chi connectivity index (χ1v) is 16.1. The van der Waals surface area contributed by atoms with Gasteiger partial charge in [-0.3, -0.25) is 24.7 Å². The van der Waals surface area contributed by atoms with Crippen LogP contribution in [0.2, 0.25) is 0 Å². The van der Waals surface area contributed by atoms with Crippen molar-refractivity contribution < 1.29 is 39.3 Å². The highest BCUT2D eigenvalue weighted by Gasteiger charge is 2.54. The van der Waals surface area contributed by atoms with E-state index < -0.39 is 47.3 Å². The van der Waals surface area contributed by atoms with E-state index in [1.807, 2.05) is 5.43 Å². The second kappa shape index (κ2) is 13.2. The molecule has 46 heavy (non-hydrogen) atoms. The topological polar surface area (TPSA) is 286 Å². The minimum atomic E-state index is -1.57. The maximum absolute atomic E-state index is 13.4. The zero-order chi connectivity index (χ0) is 33.3. The Bertz CT molecular complexity index is 1790. The normalized spacial score (nSPS) is 18.3. The average Bonchev–Trinajstić information content (AvgIpc) is 3.67. The Labute approximate surface area is 271 Å². The fourth-order valence-corrected chi connectivity index (χ4v) is 7.37. The largest absolute Gasteiger partial charge is 0.477 e. The van der Waals surface area contributed by atoms with Gasteiger partial charge < -0.3 is 31.2 Å². The van der Waals surface area contributed by atoms with Crippen LogP contribution < -0.4 is 22.3 Å². The second-order valence-corrected chi connectivity index (χ2v) is 13.1. The SMILES string of the molecule is CC(C)(ON=C(C(=O)NC1C(=O)N2C(C(=O)O)=C(CSc3cc(CO)nc4nc(CO)nn34)CS[C@@H]12)c1csc(N)n1)C(=O)NN. The van der Waals surface area contributed by atoms with E-state index in [2.05, 4.69) is 30.5 Å². The van der Waals surface area contributed by atoms with Gasteiger partial charge in [-0.2, -0.15) is 9.50 Å². The first kappa shape index (κ1) is 33.0. The third kappa shape index (κ3) is 6.34. The van der Waals surface area contributed by atoms with Gasteiger partial charge in [-0.25, -0.2) is 20.6 Å². The molecule has 3 aromatic heterocycles. The predicted octanol–water partition coefficient (Wildman–Crippen LogP) is -1.83. The molecule has 0 radical (unpaired) electrons. The van der Waals surface area contributed by atoms with Gasteiger partial charge in [-0.05, 0) is 25.5 Å². The van der Waals surface area contributed by atoms with Crippen LogP contribution in [0.1, 0.15) is 31.1 Å². The van der Waals surface area contributed by atoms with E-state index in [1.165, 1.54) is 47.3 Å². The van der Waals surface area contributed by atoms with Gasteiger partial charge in [-0.15, -0.1) is 40.0 Å². The Kier molecular flexibility index (Phi) is 9.46. The van der Waals surface area contributed by atoms with Crippen molar-refractivity contribution >= 4 is 75.2 Å². The third-order valence-electron chi connectivity index (χ3n) is 6.63. The fourth-order valence-electron chi connectivity index (χ4n) is 4.32. The molecule has 3 amide bonds. The number of hydrazine groups is 1. The Balaban J connectivity index is 1.35. The van der Waals surface area contributed by atoms with Crippen molar-refractivity contribution in [2.75, 3.05) is 17.2 Å². The predicted molar refractivity (Wildman–Crippen MR) is 164 cm³/mol. The molecule has 2 atom stereocenters. The van der Waals surface area contributed by atoms with E-state index in [0.717, 1.165) is 16.2 Å². The van der Waals surface area contributed by atoms with Gasteiger partial charge in [0.25, 0.3) is 23.5 Å². The molecular formula is C24H27N11O8S3. The molecule has 0 spiro atoms. The first-order chi connectivity index (χ1) is 21.9. The number of thiazole rings is 1. The van der Waals surface area contributed by atoms with Crippen molar-refractivity contribution in [3.8, 4) is 0 Å². The van der Waals surface area contributed by atoms with E-state index in [4.69, 9.17) is 16.4 Å². The van der Waals surface area contributed by atoms with Gasteiger partial charge in [0.1, 0.15) is 34.4 Å². The summed E-state index contributed by atoms with van der Waals surface area (Å²) in [5, 5.41) is 41.0. The molecule has 1 unspecified atom stereocenters. The molecule has 244 valence electrons. The number of aliphatic hydroxyl groups is 2. The smallest absolute Gasteiger partial charge is 0.352 e. The fraction of sp³-hybridized carbons (Fsp3) is 0.375. The molecule has 5 heterocycles. The van der Waals surface area contributed by atoms with E-state index in [-0.39, 0.29) is 51.9 Å². The van der Waals surface area contributed by atoms with Gasteiger partial charge in [0.2, 0.25) is 5.60 Å². The first-order valence-electron chi connectivity index (χ1n) is 13.2. The van der Waals surface area contributed by atoms with Crippen LogP contribution in [0.3, 0.4) is 0 Å². The molecule has 19 nitrogen and oxygen atoms in total. The van der Waals surface area contributed by atoms with Crippen LogP contribution in [0.15, 0.2) is 32.9 Å². The Hall–Kier alpha value is -4.35. The maximum Gasteiger partial charge on any atom is 0.352 e. The lowest BCUT2D eigenvalue weighted by atomic mass is 10.0. The van der Waals surface area contributed by atoms with Gasteiger partial charge in [-0.1, -0.05) is 5.16 Å². The molecule has 2 aliphatic rings. The summed E-state index contributed by atoms with van der Waals surface area (Å²) in [5.41, 5.74) is 6.27. The van der Waals surface area contributed by atoms with Crippen LogP contribution in [-0.4, -0.2) is 103 Å². The summed E-state index contributed by atoms with van der Waals surface area (Å²) in [6.45, 7) is 1.93. The van der Waals surface area contributed by atoms with Crippen LogP contribution in [0.5, 0.6) is 0 Å². The number of hydrogen-bond acceptors (Lipinski definition) is 17. The summed E-state index contributed by atoms with van der Waals surface area (Å²) >= 11 is 3.46. The molecule has 5 rings (SSSR count). The number of rotatable bonds is 12. The highest BCUT2D eigenvalue weighted by atomic mass is 32.2. The summed E-state index contributed by atoms with van der Waals surface area (Å²) < 4.78 is 1.37. The molecule has 9 N–H and O–H groups in total. The number of carbonyl (C=O) groups is 4. The molecule has 0 aromatic carbocycles. The summed E-state index contributed by atoms with van der Waals surface area (Å²) in [5.74, 6) is 2.22. The lowest BCUT2D eigenvalue weighted by molar-refractivity contribution is -0.150. The quantitative estimate of drug-likeness (QED) is 0.0209. The minimum absolute atomic E-state index is 0.0300. The molecule has 1 saturated heterocycles. The molecule has 22 heteroatoms. The Morgan fingerprint density at radius 3 is 2.63 bits per heavy atom. The van der Waals surface area contributed by atoms with Crippen LogP contribution in [-0.2, 0) is 37.2 Å². The molecule has 1 fully saturated rings. The molecule has 3 aromatic rings. The van der Waals surface area contributed by atoms with Crippen molar-refractivity contribution in [2.45, 2.75) is 49.1 Å². The standard InChI is InChI=1S/C24H27N11O8S3/c1-24(2,21(42)31-26)43-33-14(11-8-46-22(25)28-11)17(38)30-15-18(39)34-16(20(40)41)9(7-45-19(15)34)6-44-13-3-10(4-36)27-23-29-12(5-37)32-35(13)23/h3,8,15,19,36-37H,4-7,26H2,1-2H3,(H2,25,28)(H,30,38)(H,31,42)(H,40,41)/t15?,19-/m0/s1. The van der Waals surface area contributed by atoms with Crippen LogP contribution in [0.25, 0.3) is 5.78 Å². The number of nitrogens with zero attached hydrogens (tertiary/aromatic N) is 7. The number of carboxylic acid groups (broad SMARTS) is 1. The number of β-lactam (4-membered cyclic amide) rings is 1. The average molecular weight is 694 g/mol. The number of hydrogen-bond donors (Lipinski definition) is 7. The lowest BCUT2D eigenvalue weighted by Gasteiger charge is -2.49. The highest BCUT2D eigenvalue weighted by Crippen LogP contribution is 2.41. The number of carbonyl (C=O) groups excluding carboxylic acids is 3. The number of amides is 3. The monoisotopic (exact) mass is 693 g/mol. The van der Waals surface area contributed by atoms with Gasteiger partial charge >= 0.3 is 5.97 Å². The molecule has 0 aliphatic carbocycles. The van der Waals surface area contributed by atoms with Crippen molar-refractivity contribution in [3.05, 3.63) is 39.9 Å². The summed E-state index contributed by atoms with van der Waals surface area (Å²) in [4.78, 5) is 69.8. The molecule has 2 aliphatic heterocycles. The highest BCUT2D eigenvalue weighted by molar-refractivity contribution is 8.01. The number of aliphatic hydroxyl groups excluding tert-OH is 2. The van der Waals surface area contributed by atoms with E-state index in [1.54, 1.807) is 6.07 Å².